The highest BCUT2D eigenvalue weighted by Gasteiger charge is 2.38. The first-order valence-corrected chi connectivity index (χ1v) is 6.86. The molecule has 4 nitrogen and oxygen atoms in total. The quantitative estimate of drug-likeness (QED) is 0.858. The highest BCUT2D eigenvalue weighted by Crippen LogP contribution is 2.14. The van der Waals surface area contributed by atoms with Crippen molar-refractivity contribution >= 4 is 23.5 Å². The lowest BCUT2D eigenvalue weighted by Gasteiger charge is -2.06. The molecule has 0 heterocycles. The Labute approximate surface area is 131 Å². The van der Waals surface area contributed by atoms with Crippen molar-refractivity contribution in [1.82, 2.24) is 5.32 Å². The Hall–Kier alpha value is -1.76. The third kappa shape index (κ3) is 9.23. The van der Waals surface area contributed by atoms with Gasteiger partial charge in [-0.1, -0.05) is 43.1 Å². The molecule has 0 radical (unpaired) electrons. The van der Waals surface area contributed by atoms with Crippen molar-refractivity contribution in [2.24, 2.45) is 0 Å². The molecular weight excluding hydrogens is 323 g/mol. The van der Waals surface area contributed by atoms with Crippen molar-refractivity contribution in [3.05, 3.63) is 34.9 Å². The van der Waals surface area contributed by atoms with E-state index in [9.17, 15) is 18.0 Å². The van der Waals surface area contributed by atoms with Crippen LogP contribution >= 0.6 is 11.6 Å². The summed E-state index contributed by atoms with van der Waals surface area (Å²) in [5.74, 6) is -2.66. The number of carboxylic acid groups (broad SMARTS) is 1. The largest absolute Gasteiger partial charge is 0.490 e. The fourth-order valence-corrected chi connectivity index (χ4v) is 1.46. The predicted octanol–water partition coefficient (Wildman–Crippen LogP) is 3.78. The van der Waals surface area contributed by atoms with E-state index in [0.29, 0.717) is 18.0 Å². The third-order valence-corrected chi connectivity index (χ3v) is 2.80. The Bertz CT molecular complexity index is 492. The van der Waals surface area contributed by atoms with Gasteiger partial charge in [0.25, 0.3) is 0 Å². The molecule has 0 atom stereocenters. The minimum Gasteiger partial charge on any atom is -0.475 e. The maximum atomic E-state index is 11.3. The van der Waals surface area contributed by atoms with Gasteiger partial charge >= 0.3 is 12.1 Å². The van der Waals surface area contributed by atoms with Gasteiger partial charge in [-0.3, -0.25) is 4.79 Å². The number of hydrogen-bond acceptors (Lipinski definition) is 2. The van der Waals surface area contributed by atoms with Gasteiger partial charge in [0.15, 0.2) is 0 Å². The molecule has 22 heavy (non-hydrogen) atoms. The topological polar surface area (TPSA) is 66.4 Å². The number of carbonyl (C=O) groups is 2. The smallest absolute Gasteiger partial charge is 0.475 e. The zero-order valence-electron chi connectivity index (χ0n) is 11.9. The normalized spacial score (nSPS) is 10.4. The van der Waals surface area contributed by atoms with E-state index in [2.05, 4.69) is 12.2 Å². The number of nitrogens with one attached hydrogen (secondary N) is 1. The van der Waals surface area contributed by atoms with E-state index < -0.39 is 12.1 Å². The number of unbranched alkanes of at least 4 members (excludes halogenated alkanes) is 1. The summed E-state index contributed by atoms with van der Waals surface area (Å²) in [6, 6.07) is 7.54. The number of hydrogen-bond donors (Lipinski definition) is 2. The van der Waals surface area contributed by atoms with Gasteiger partial charge in [-0.15, -0.1) is 0 Å². The summed E-state index contributed by atoms with van der Waals surface area (Å²) >= 11 is 5.96. The predicted molar refractivity (Wildman–Crippen MR) is 76.5 cm³/mol. The van der Waals surface area contributed by atoms with Crippen LogP contribution in [0.15, 0.2) is 24.3 Å². The molecule has 1 aromatic rings. The monoisotopic (exact) mass is 339 g/mol. The van der Waals surface area contributed by atoms with Gasteiger partial charge in [0.1, 0.15) is 0 Å². The van der Waals surface area contributed by atoms with Gasteiger partial charge < -0.3 is 10.4 Å². The Kier molecular flexibility index (Phi) is 9.24. The molecule has 8 heteroatoms. The van der Waals surface area contributed by atoms with Crippen LogP contribution in [0.25, 0.3) is 0 Å². The number of alkyl halides is 3. The molecule has 0 spiro atoms. The highest BCUT2D eigenvalue weighted by atomic mass is 35.5. The molecule has 0 aromatic heterocycles. The summed E-state index contributed by atoms with van der Waals surface area (Å²) in [5, 5.41) is 10.7. The van der Waals surface area contributed by atoms with Gasteiger partial charge in [0, 0.05) is 18.0 Å². The number of halogens is 4. The number of rotatable bonds is 5. The number of carboxylic acids is 1. The lowest BCUT2D eigenvalue weighted by molar-refractivity contribution is -0.192. The maximum absolute atomic E-state index is 11.3. The molecule has 0 aliphatic rings. The first-order valence-electron chi connectivity index (χ1n) is 6.48. The van der Waals surface area contributed by atoms with Crippen LogP contribution in [0.3, 0.4) is 0 Å². The van der Waals surface area contributed by atoms with Gasteiger partial charge in [-0.05, 0) is 18.1 Å². The number of aliphatic carboxylic acids is 1. The second-order valence-corrected chi connectivity index (χ2v) is 4.68. The van der Waals surface area contributed by atoms with E-state index >= 15 is 0 Å². The molecule has 2 N–H and O–H groups in total. The van der Waals surface area contributed by atoms with E-state index in [1.54, 1.807) is 0 Å². The Balaban J connectivity index is 0.000000534. The van der Waals surface area contributed by atoms with Crippen molar-refractivity contribution < 1.29 is 27.9 Å². The van der Waals surface area contributed by atoms with Gasteiger partial charge in [-0.25, -0.2) is 4.79 Å². The first kappa shape index (κ1) is 20.2. The van der Waals surface area contributed by atoms with Crippen molar-refractivity contribution in [3.63, 3.8) is 0 Å². The fraction of sp³-hybridized carbons (Fsp3) is 0.429. The van der Waals surface area contributed by atoms with E-state index in [1.807, 2.05) is 24.3 Å². The number of amides is 1. The average molecular weight is 340 g/mol. The molecular formula is C14H17ClF3NO3. The second kappa shape index (κ2) is 10.0. The third-order valence-electron chi connectivity index (χ3n) is 2.43. The van der Waals surface area contributed by atoms with Crippen LogP contribution in [0.4, 0.5) is 13.2 Å². The van der Waals surface area contributed by atoms with Crippen molar-refractivity contribution in [2.75, 3.05) is 0 Å². The van der Waals surface area contributed by atoms with E-state index in [0.717, 1.165) is 18.4 Å². The molecule has 0 aliphatic heterocycles. The first-order chi connectivity index (χ1) is 10.2. The van der Waals surface area contributed by atoms with Crippen LogP contribution in [-0.4, -0.2) is 23.2 Å². The summed E-state index contributed by atoms with van der Waals surface area (Å²) in [4.78, 5) is 20.2. The molecule has 1 rings (SSSR count). The number of carbonyl (C=O) groups excluding carboxylic acids is 1. The minimum atomic E-state index is -5.08. The highest BCUT2D eigenvalue weighted by molar-refractivity contribution is 6.31. The zero-order chi connectivity index (χ0) is 17.2. The maximum Gasteiger partial charge on any atom is 0.490 e. The van der Waals surface area contributed by atoms with Crippen LogP contribution in [0.1, 0.15) is 31.7 Å². The van der Waals surface area contributed by atoms with Crippen LogP contribution in [0, 0.1) is 0 Å². The molecule has 0 fully saturated rings. The van der Waals surface area contributed by atoms with Gasteiger partial charge in [-0.2, -0.15) is 13.2 Å². The molecule has 0 saturated heterocycles. The summed E-state index contributed by atoms with van der Waals surface area (Å²) in [5.41, 5.74) is 0.962. The summed E-state index contributed by atoms with van der Waals surface area (Å²) in [6.45, 7) is 2.59. The van der Waals surface area contributed by atoms with Gasteiger partial charge in [0.2, 0.25) is 5.91 Å². The lowest BCUT2D eigenvalue weighted by Crippen LogP contribution is -2.22. The van der Waals surface area contributed by atoms with Crippen LogP contribution in [0.2, 0.25) is 5.02 Å². The van der Waals surface area contributed by atoms with Crippen molar-refractivity contribution in [1.29, 1.82) is 0 Å². The van der Waals surface area contributed by atoms with E-state index in [-0.39, 0.29) is 5.91 Å². The Morgan fingerprint density at radius 2 is 1.82 bits per heavy atom. The molecule has 0 aliphatic carbocycles. The zero-order valence-corrected chi connectivity index (χ0v) is 12.7. The van der Waals surface area contributed by atoms with Crippen molar-refractivity contribution in [2.45, 2.75) is 38.9 Å². The molecule has 124 valence electrons. The molecule has 1 amide bonds. The van der Waals surface area contributed by atoms with Crippen molar-refractivity contribution in [3.8, 4) is 0 Å². The number of benzene rings is 1. The summed E-state index contributed by atoms with van der Waals surface area (Å²) < 4.78 is 31.7. The minimum absolute atomic E-state index is 0.0942. The van der Waals surface area contributed by atoms with E-state index in [1.165, 1.54) is 0 Å². The molecule has 0 unspecified atom stereocenters. The average Bonchev–Trinajstić information content (AvgIpc) is 2.44. The van der Waals surface area contributed by atoms with Crippen LogP contribution < -0.4 is 5.32 Å². The molecule has 0 saturated carbocycles. The lowest BCUT2D eigenvalue weighted by atomic mass is 10.2. The molecule has 0 bridgehead atoms. The SMILES string of the molecule is CCCCC(=O)NCc1ccccc1Cl.O=C(O)C(F)(F)F. The van der Waals surface area contributed by atoms with Crippen LogP contribution in [0.5, 0.6) is 0 Å². The molecule has 1 aromatic carbocycles. The summed E-state index contributed by atoms with van der Waals surface area (Å²) in [7, 11) is 0. The Morgan fingerprint density at radius 3 is 2.27 bits per heavy atom. The Morgan fingerprint density at radius 1 is 1.27 bits per heavy atom. The van der Waals surface area contributed by atoms with Gasteiger partial charge in [0.05, 0.1) is 0 Å². The second-order valence-electron chi connectivity index (χ2n) is 4.27. The van der Waals surface area contributed by atoms with E-state index in [4.69, 9.17) is 21.5 Å². The standard InChI is InChI=1S/C12H16ClNO.C2HF3O2/c1-2-3-8-12(15)14-9-10-6-4-5-7-11(10)13;3-2(4,5)1(6)7/h4-7H,2-3,8-9H2,1H3,(H,14,15);(H,6,7). The summed E-state index contributed by atoms with van der Waals surface area (Å²) in [6.07, 6.45) is -2.51. The van der Waals surface area contributed by atoms with Crippen LogP contribution in [-0.2, 0) is 16.1 Å². The fourth-order valence-electron chi connectivity index (χ4n) is 1.26.